The highest BCUT2D eigenvalue weighted by Gasteiger charge is 2.18. The Balaban J connectivity index is 2.04. The summed E-state index contributed by atoms with van der Waals surface area (Å²) in [6.45, 7) is 0.673. The minimum atomic E-state index is -0.315. The first-order valence-corrected chi connectivity index (χ1v) is 7.62. The molecular formula is C17H22N4O. The lowest BCUT2D eigenvalue weighted by Gasteiger charge is -2.17. The summed E-state index contributed by atoms with van der Waals surface area (Å²) in [5, 5.41) is 3.03. The molecule has 5 heteroatoms. The van der Waals surface area contributed by atoms with Gasteiger partial charge in [-0.3, -0.25) is 14.8 Å². The highest BCUT2D eigenvalue weighted by Crippen LogP contribution is 2.18. The van der Waals surface area contributed by atoms with Crippen LogP contribution in [0.15, 0.2) is 48.8 Å². The number of aromatic nitrogens is 2. The molecule has 0 saturated heterocycles. The van der Waals surface area contributed by atoms with Crippen molar-refractivity contribution in [3.63, 3.8) is 0 Å². The van der Waals surface area contributed by atoms with Gasteiger partial charge in [0.1, 0.15) is 6.04 Å². The van der Waals surface area contributed by atoms with Crippen LogP contribution in [0.25, 0.3) is 0 Å². The predicted octanol–water partition coefficient (Wildman–Crippen LogP) is 2.20. The molecule has 2 aromatic rings. The van der Waals surface area contributed by atoms with Crippen LogP contribution in [0, 0.1) is 0 Å². The first kappa shape index (κ1) is 16.1. The summed E-state index contributed by atoms with van der Waals surface area (Å²) in [4.78, 5) is 20.9. The molecule has 0 aliphatic heterocycles. The summed E-state index contributed by atoms with van der Waals surface area (Å²) in [7, 11) is 0. The smallest absolute Gasteiger partial charge is 0.220 e. The maximum Gasteiger partial charge on any atom is 0.220 e. The van der Waals surface area contributed by atoms with Crippen LogP contribution in [0.1, 0.15) is 43.1 Å². The molecular weight excluding hydrogens is 276 g/mol. The molecule has 0 radical (unpaired) electrons. The zero-order chi connectivity index (χ0) is 15.6. The lowest BCUT2D eigenvalue weighted by molar-refractivity contribution is -0.121. The number of nitrogens with one attached hydrogen (secondary N) is 1. The van der Waals surface area contributed by atoms with E-state index in [4.69, 9.17) is 5.73 Å². The van der Waals surface area contributed by atoms with E-state index in [1.165, 1.54) is 0 Å². The molecule has 22 heavy (non-hydrogen) atoms. The molecule has 2 rings (SSSR count). The second kappa shape index (κ2) is 8.89. The maximum atomic E-state index is 12.2. The summed E-state index contributed by atoms with van der Waals surface area (Å²) >= 11 is 0. The third-order valence-electron chi connectivity index (χ3n) is 3.38. The topological polar surface area (TPSA) is 80.9 Å². The van der Waals surface area contributed by atoms with Gasteiger partial charge in [-0.25, -0.2) is 0 Å². The van der Waals surface area contributed by atoms with Crippen molar-refractivity contribution >= 4 is 5.91 Å². The molecule has 3 N–H and O–H groups in total. The Labute approximate surface area is 131 Å². The monoisotopic (exact) mass is 298 g/mol. The van der Waals surface area contributed by atoms with Crippen molar-refractivity contribution in [2.45, 2.75) is 31.7 Å². The quantitative estimate of drug-likeness (QED) is 0.732. The fourth-order valence-electron chi connectivity index (χ4n) is 2.23. The van der Waals surface area contributed by atoms with E-state index in [-0.39, 0.29) is 11.9 Å². The average molecular weight is 298 g/mol. The van der Waals surface area contributed by atoms with E-state index in [2.05, 4.69) is 15.3 Å². The van der Waals surface area contributed by atoms with Crippen molar-refractivity contribution < 1.29 is 4.79 Å². The van der Waals surface area contributed by atoms with E-state index in [1.807, 2.05) is 36.4 Å². The molecule has 1 amide bonds. The second-order valence-corrected chi connectivity index (χ2v) is 5.11. The number of rotatable bonds is 8. The Kier molecular flexibility index (Phi) is 6.51. The molecule has 2 heterocycles. The normalized spacial score (nSPS) is 10.6. The number of nitrogens with two attached hydrogens (primary N) is 1. The van der Waals surface area contributed by atoms with E-state index in [1.54, 1.807) is 12.4 Å². The van der Waals surface area contributed by atoms with E-state index < -0.39 is 0 Å². The van der Waals surface area contributed by atoms with Crippen LogP contribution >= 0.6 is 0 Å². The van der Waals surface area contributed by atoms with Crippen molar-refractivity contribution in [3.05, 3.63) is 60.2 Å². The number of nitrogens with zero attached hydrogens (tertiary/aromatic N) is 2. The lowest BCUT2D eigenvalue weighted by atomic mass is 10.1. The zero-order valence-corrected chi connectivity index (χ0v) is 12.6. The van der Waals surface area contributed by atoms with Gasteiger partial charge in [-0.2, -0.15) is 0 Å². The Morgan fingerprint density at radius 2 is 1.64 bits per heavy atom. The molecule has 0 atom stereocenters. The maximum absolute atomic E-state index is 12.2. The molecule has 5 nitrogen and oxygen atoms in total. The van der Waals surface area contributed by atoms with Crippen LogP contribution in [-0.4, -0.2) is 22.4 Å². The van der Waals surface area contributed by atoms with Gasteiger partial charge >= 0.3 is 0 Å². The number of unbranched alkanes of at least 4 members (excludes halogenated alkanes) is 2. The van der Waals surface area contributed by atoms with E-state index in [0.717, 1.165) is 30.7 Å². The Hall–Kier alpha value is -2.27. The molecule has 0 fully saturated rings. The first-order valence-electron chi connectivity index (χ1n) is 7.62. The van der Waals surface area contributed by atoms with E-state index in [9.17, 15) is 4.79 Å². The number of amides is 1. The Bertz CT molecular complexity index is 520. The molecule has 0 bridgehead atoms. The van der Waals surface area contributed by atoms with Gasteiger partial charge in [0.15, 0.2) is 0 Å². The van der Waals surface area contributed by atoms with Gasteiger partial charge in [-0.05, 0) is 43.7 Å². The fourth-order valence-corrected chi connectivity index (χ4v) is 2.23. The van der Waals surface area contributed by atoms with Crippen LogP contribution < -0.4 is 11.1 Å². The number of hydrogen-bond acceptors (Lipinski definition) is 4. The number of pyridine rings is 2. The molecule has 0 aliphatic rings. The van der Waals surface area contributed by atoms with Gasteiger partial charge in [0.2, 0.25) is 5.91 Å². The van der Waals surface area contributed by atoms with Crippen molar-refractivity contribution in [1.82, 2.24) is 15.3 Å². The van der Waals surface area contributed by atoms with Crippen LogP contribution in [0.2, 0.25) is 0 Å². The van der Waals surface area contributed by atoms with Gasteiger partial charge in [-0.15, -0.1) is 0 Å². The van der Waals surface area contributed by atoms with E-state index in [0.29, 0.717) is 13.0 Å². The fraction of sp³-hybridized carbons (Fsp3) is 0.353. The number of carbonyl (C=O) groups excluding carboxylic acids is 1. The van der Waals surface area contributed by atoms with Crippen LogP contribution in [0.5, 0.6) is 0 Å². The molecule has 2 aromatic heterocycles. The molecule has 0 aromatic carbocycles. The summed E-state index contributed by atoms with van der Waals surface area (Å²) in [5.74, 6) is 0.0123. The third-order valence-corrected chi connectivity index (χ3v) is 3.38. The minimum absolute atomic E-state index is 0.0123. The highest BCUT2D eigenvalue weighted by molar-refractivity contribution is 5.76. The standard InChI is InChI=1S/C17H22N4O/c18-11-5-1-2-10-16(22)21-17(14-8-3-6-12-19-14)15-9-4-7-13-20-15/h3-4,6-9,12-13,17H,1-2,5,10-11,18H2,(H,21,22). The van der Waals surface area contributed by atoms with E-state index >= 15 is 0 Å². The first-order chi connectivity index (χ1) is 10.8. The van der Waals surface area contributed by atoms with Crippen molar-refractivity contribution in [2.24, 2.45) is 5.73 Å². The Morgan fingerprint density at radius 1 is 1.00 bits per heavy atom. The molecule has 0 aliphatic carbocycles. The van der Waals surface area contributed by atoms with Gasteiger partial charge < -0.3 is 11.1 Å². The molecule has 116 valence electrons. The largest absolute Gasteiger partial charge is 0.342 e. The average Bonchev–Trinajstić information content (AvgIpc) is 2.58. The summed E-state index contributed by atoms with van der Waals surface area (Å²) in [6.07, 6.45) is 6.71. The Morgan fingerprint density at radius 3 is 2.14 bits per heavy atom. The SMILES string of the molecule is NCCCCCC(=O)NC(c1ccccn1)c1ccccn1. The predicted molar refractivity (Wildman–Crippen MR) is 86.0 cm³/mol. The third kappa shape index (κ3) is 4.93. The molecule has 0 saturated carbocycles. The zero-order valence-electron chi connectivity index (χ0n) is 12.6. The summed E-state index contributed by atoms with van der Waals surface area (Å²) in [6, 6.07) is 11.0. The van der Waals surface area contributed by atoms with Gasteiger partial charge in [-0.1, -0.05) is 18.6 Å². The lowest BCUT2D eigenvalue weighted by Crippen LogP contribution is -2.30. The van der Waals surface area contributed by atoms with Gasteiger partial charge in [0, 0.05) is 18.8 Å². The highest BCUT2D eigenvalue weighted by atomic mass is 16.1. The second-order valence-electron chi connectivity index (χ2n) is 5.11. The molecule has 0 unspecified atom stereocenters. The molecule has 0 spiro atoms. The van der Waals surface area contributed by atoms with Crippen LogP contribution in [0.4, 0.5) is 0 Å². The summed E-state index contributed by atoms with van der Waals surface area (Å²) in [5.41, 5.74) is 7.04. The van der Waals surface area contributed by atoms with Crippen molar-refractivity contribution in [1.29, 1.82) is 0 Å². The van der Waals surface area contributed by atoms with Gasteiger partial charge in [0.25, 0.3) is 0 Å². The van der Waals surface area contributed by atoms with Crippen LogP contribution in [0.3, 0.4) is 0 Å². The van der Waals surface area contributed by atoms with Crippen LogP contribution in [-0.2, 0) is 4.79 Å². The number of carbonyl (C=O) groups is 1. The number of hydrogen-bond donors (Lipinski definition) is 2. The van der Waals surface area contributed by atoms with Gasteiger partial charge in [0.05, 0.1) is 11.4 Å². The van der Waals surface area contributed by atoms with Crippen molar-refractivity contribution in [2.75, 3.05) is 6.54 Å². The van der Waals surface area contributed by atoms with Crippen molar-refractivity contribution in [3.8, 4) is 0 Å². The summed E-state index contributed by atoms with van der Waals surface area (Å²) < 4.78 is 0. The minimum Gasteiger partial charge on any atom is -0.342 e.